The molecule has 0 bridgehead atoms. The van der Waals surface area contributed by atoms with E-state index in [1.54, 1.807) is 14.0 Å². The molecular formula is C19H27N3O3. The number of nitrogens with zero attached hydrogens (tertiary/aromatic N) is 3. The van der Waals surface area contributed by atoms with Crippen molar-refractivity contribution >= 4 is 12.0 Å². The second-order valence-corrected chi connectivity index (χ2v) is 7.16. The van der Waals surface area contributed by atoms with Crippen LogP contribution >= 0.6 is 0 Å². The SMILES string of the molecule is CC(=O)N1CCc2ccccc2C12CCN(CCN(C)C(=O)O)CC2. The van der Waals surface area contributed by atoms with Gasteiger partial charge in [0.1, 0.15) is 0 Å². The molecule has 2 aliphatic rings. The second-order valence-electron chi connectivity index (χ2n) is 7.16. The molecule has 0 unspecified atom stereocenters. The van der Waals surface area contributed by atoms with Crippen LogP contribution in [0.2, 0.25) is 0 Å². The summed E-state index contributed by atoms with van der Waals surface area (Å²) in [6, 6.07) is 8.51. The van der Waals surface area contributed by atoms with Gasteiger partial charge < -0.3 is 19.8 Å². The van der Waals surface area contributed by atoms with E-state index in [0.29, 0.717) is 6.54 Å². The zero-order chi connectivity index (χ0) is 18.0. The van der Waals surface area contributed by atoms with Crippen LogP contribution < -0.4 is 0 Å². The Morgan fingerprint density at radius 3 is 2.52 bits per heavy atom. The predicted molar refractivity (Wildman–Crippen MR) is 95.5 cm³/mol. The lowest BCUT2D eigenvalue weighted by Gasteiger charge is -2.52. The highest BCUT2D eigenvalue weighted by Crippen LogP contribution is 2.43. The fraction of sp³-hybridized carbons (Fsp3) is 0.579. The number of hydrogen-bond acceptors (Lipinski definition) is 3. The highest BCUT2D eigenvalue weighted by Gasteiger charge is 2.45. The van der Waals surface area contributed by atoms with Crippen LogP contribution in [0.3, 0.4) is 0 Å². The molecule has 2 aliphatic heterocycles. The number of likely N-dealkylation sites (N-methyl/N-ethyl adjacent to an activating group) is 1. The topological polar surface area (TPSA) is 64.1 Å². The van der Waals surface area contributed by atoms with E-state index in [0.717, 1.165) is 45.4 Å². The van der Waals surface area contributed by atoms with Gasteiger partial charge in [0, 0.05) is 46.7 Å². The molecule has 6 nitrogen and oxygen atoms in total. The minimum Gasteiger partial charge on any atom is -0.465 e. The summed E-state index contributed by atoms with van der Waals surface area (Å²) in [7, 11) is 1.60. The van der Waals surface area contributed by atoms with Crippen LogP contribution in [0.4, 0.5) is 4.79 Å². The summed E-state index contributed by atoms with van der Waals surface area (Å²) in [5, 5.41) is 8.98. The number of benzene rings is 1. The van der Waals surface area contributed by atoms with Crippen molar-refractivity contribution in [2.45, 2.75) is 31.7 Å². The van der Waals surface area contributed by atoms with Gasteiger partial charge in [0.15, 0.2) is 0 Å². The Balaban J connectivity index is 1.75. The lowest BCUT2D eigenvalue weighted by molar-refractivity contribution is -0.139. The van der Waals surface area contributed by atoms with Crippen molar-refractivity contribution in [3.05, 3.63) is 35.4 Å². The van der Waals surface area contributed by atoms with Gasteiger partial charge in [-0.15, -0.1) is 0 Å². The molecule has 1 N–H and O–H groups in total. The Kier molecular flexibility index (Phi) is 4.99. The number of fused-ring (bicyclic) bond motifs is 2. The zero-order valence-corrected chi connectivity index (χ0v) is 15.1. The number of hydrogen-bond donors (Lipinski definition) is 1. The maximum atomic E-state index is 12.3. The first kappa shape index (κ1) is 17.7. The van der Waals surface area contributed by atoms with Crippen LogP contribution in [-0.2, 0) is 16.8 Å². The number of carboxylic acid groups (broad SMARTS) is 1. The van der Waals surface area contributed by atoms with E-state index in [4.69, 9.17) is 5.11 Å². The minimum absolute atomic E-state index is 0.147. The predicted octanol–water partition coefficient (Wildman–Crippen LogP) is 1.99. The summed E-state index contributed by atoms with van der Waals surface area (Å²) < 4.78 is 0. The van der Waals surface area contributed by atoms with Gasteiger partial charge in [-0.3, -0.25) is 4.79 Å². The smallest absolute Gasteiger partial charge is 0.407 e. The molecule has 0 saturated carbocycles. The van der Waals surface area contributed by atoms with Gasteiger partial charge in [0.2, 0.25) is 5.91 Å². The summed E-state index contributed by atoms with van der Waals surface area (Å²) in [4.78, 5) is 28.9. The number of carbonyl (C=O) groups is 2. The normalized spacial score (nSPS) is 19.5. The Morgan fingerprint density at radius 2 is 1.88 bits per heavy atom. The van der Waals surface area contributed by atoms with Gasteiger partial charge in [-0.05, 0) is 30.4 Å². The van der Waals surface area contributed by atoms with Crippen molar-refractivity contribution in [3.63, 3.8) is 0 Å². The fourth-order valence-electron chi connectivity index (χ4n) is 4.32. The Hall–Kier alpha value is -2.08. The molecule has 0 atom stereocenters. The summed E-state index contributed by atoms with van der Waals surface area (Å²) in [6.45, 7) is 5.46. The fourth-order valence-corrected chi connectivity index (χ4v) is 4.32. The van der Waals surface area contributed by atoms with E-state index in [1.165, 1.54) is 16.0 Å². The molecule has 0 radical (unpaired) electrons. The molecule has 0 aromatic heterocycles. The van der Waals surface area contributed by atoms with Gasteiger partial charge in [-0.1, -0.05) is 24.3 Å². The molecule has 6 heteroatoms. The molecule has 3 rings (SSSR count). The average molecular weight is 345 g/mol. The summed E-state index contributed by atoms with van der Waals surface area (Å²) in [6.07, 6.45) is 1.84. The monoisotopic (exact) mass is 345 g/mol. The van der Waals surface area contributed by atoms with Crippen LogP contribution in [0.5, 0.6) is 0 Å². The third kappa shape index (κ3) is 3.35. The third-order valence-corrected chi connectivity index (χ3v) is 5.78. The number of amides is 2. The first-order valence-electron chi connectivity index (χ1n) is 8.97. The Labute approximate surface area is 149 Å². The molecule has 2 heterocycles. The first-order chi connectivity index (χ1) is 11.9. The molecule has 1 fully saturated rings. The lowest BCUT2D eigenvalue weighted by atomic mass is 9.74. The van der Waals surface area contributed by atoms with Crippen LogP contribution in [0.1, 0.15) is 30.9 Å². The summed E-state index contributed by atoms with van der Waals surface area (Å²) >= 11 is 0. The van der Waals surface area contributed by atoms with Gasteiger partial charge in [-0.2, -0.15) is 0 Å². The second kappa shape index (κ2) is 7.04. The van der Waals surface area contributed by atoms with Crippen molar-refractivity contribution in [1.29, 1.82) is 0 Å². The molecule has 0 aliphatic carbocycles. The molecular weight excluding hydrogens is 318 g/mol. The van der Waals surface area contributed by atoms with E-state index in [-0.39, 0.29) is 11.4 Å². The maximum Gasteiger partial charge on any atom is 0.407 e. The van der Waals surface area contributed by atoms with E-state index >= 15 is 0 Å². The van der Waals surface area contributed by atoms with Crippen molar-refractivity contribution in [1.82, 2.24) is 14.7 Å². The Morgan fingerprint density at radius 1 is 1.20 bits per heavy atom. The van der Waals surface area contributed by atoms with Crippen molar-refractivity contribution in [2.75, 3.05) is 39.8 Å². The van der Waals surface area contributed by atoms with Gasteiger partial charge in [0.25, 0.3) is 0 Å². The van der Waals surface area contributed by atoms with Crippen LogP contribution in [0.25, 0.3) is 0 Å². The maximum absolute atomic E-state index is 12.3. The van der Waals surface area contributed by atoms with E-state index < -0.39 is 6.09 Å². The lowest BCUT2D eigenvalue weighted by Crippen LogP contribution is -2.58. The molecule has 136 valence electrons. The quantitative estimate of drug-likeness (QED) is 0.910. The third-order valence-electron chi connectivity index (χ3n) is 5.78. The molecule has 1 aromatic carbocycles. The van der Waals surface area contributed by atoms with Gasteiger partial charge >= 0.3 is 6.09 Å². The molecule has 2 amide bonds. The largest absolute Gasteiger partial charge is 0.465 e. The number of piperidine rings is 1. The van der Waals surface area contributed by atoms with E-state index in [2.05, 4.69) is 34.1 Å². The van der Waals surface area contributed by atoms with Crippen LogP contribution in [0, 0.1) is 0 Å². The molecule has 1 aromatic rings. The van der Waals surface area contributed by atoms with Gasteiger partial charge in [0.05, 0.1) is 5.54 Å². The highest BCUT2D eigenvalue weighted by atomic mass is 16.4. The molecule has 1 spiro atoms. The standard InChI is InChI=1S/C19H27N3O3/c1-15(23)22-10-7-16-5-3-4-6-17(16)19(22)8-11-21(12-9-19)14-13-20(2)18(24)25/h3-6H,7-14H2,1-2H3,(H,24,25). The molecule has 25 heavy (non-hydrogen) atoms. The number of rotatable bonds is 3. The average Bonchev–Trinajstić information content (AvgIpc) is 2.61. The van der Waals surface area contributed by atoms with Crippen LogP contribution in [0.15, 0.2) is 24.3 Å². The summed E-state index contributed by atoms with van der Waals surface area (Å²) in [5.74, 6) is 0.147. The van der Waals surface area contributed by atoms with Gasteiger partial charge in [-0.25, -0.2) is 4.79 Å². The zero-order valence-electron chi connectivity index (χ0n) is 15.1. The van der Waals surface area contributed by atoms with Crippen molar-refractivity contribution in [2.24, 2.45) is 0 Å². The number of carbonyl (C=O) groups excluding carboxylic acids is 1. The van der Waals surface area contributed by atoms with E-state index in [9.17, 15) is 9.59 Å². The molecule has 1 saturated heterocycles. The first-order valence-corrected chi connectivity index (χ1v) is 8.97. The van der Waals surface area contributed by atoms with Crippen molar-refractivity contribution < 1.29 is 14.7 Å². The highest BCUT2D eigenvalue weighted by molar-refractivity contribution is 5.75. The minimum atomic E-state index is -0.891. The van der Waals surface area contributed by atoms with E-state index in [1.807, 2.05) is 0 Å². The summed E-state index contributed by atoms with van der Waals surface area (Å²) in [5.41, 5.74) is 2.47. The van der Waals surface area contributed by atoms with Crippen molar-refractivity contribution in [3.8, 4) is 0 Å². The Bertz CT molecular complexity index is 653. The number of likely N-dealkylation sites (tertiary alicyclic amines) is 1. The van der Waals surface area contributed by atoms with Crippen LogP contribution in [-0.4, -0.2) is 71.6 Å².